The molecule has 4 nitrogen and oxygen atoms in total. The van der Waals surface area contributed by atoms with Crippen LogP contribution in [0.2, 0.25) is 0 Å². The summed E-state index contributed by atoms with van der Waals surface area (Å²) in [4.78, 5) is 10.7. The molecule has 68 heavy (non-hydrogen) atoms. The smallest absolute Gasteiger partial charge is 0.149 e. The molecule has 0 fully saturated rings. The van der Waals surface area contributed by atoms with E-state index in [-0.39, 0.29) is 23.0 Å². The first-order valence-electron chi connectivity index (χ1n) is 23.8. The second-order valence-electron chi connectivity index (χ2n) is 19.6. The highest BCUT2D eigenvalue weighted by Gasteiger charge is 2.28. The second kappa shape index (κ2) is 18.1. The minimum Gasteiger partial charge on any atom is -0.507 e. The Balaban J connectivity index is 1.20. The number of hydrogen-bond acceptors (Lipinski definition) is 3. The van der Waals surface area contributed by atoms with E-state index in [1.54, 1.807) is 0 Å². The molecular formula is C64H57N3O. The minimum absolute atomic E-state index is 0.107. The average Bonchev–Trinajstić information content (AvgIpc) is 3.76. The Morgan fingerprint density at radius 3 is 1.62 bits per heavy atom. The van der Waals surface area contributed by atoms with E-state index in [1.165, 1.54) is 22.3 Å². The van der Waals surface area contributed by atoms with Crippen LogP contribution in [0.25, 0.3) is 95.0 Å². The quantitative estimate of drug-likeness (QED) is 0.149. The van der Waals surface area contributed by atoms with Gasteiger partial charge in [-0.3, -0.25) is 9.55 Å². The molecule has 2 heterocycles. The van der Waals surface area contributed by atoms with Crippen molar-refractivity contribution in [2.45, 2.75) is 65.7 Å². The van der Waals surface area contributed by atoms with Crippen molar-refractivity contribution in [1.82, 2.24) is 14.5 Å². The van der Waals surface area contributed by atoms with Crippen molar-refractivity contribution in [3.05, 3.63) is 217 Å². The maximum Gasteiger partial charge on any atom is 0.149 e. The summed E-state index contributed by atoms with van der Waals surface area (Å²) >= 11 is 0. The van der Waals surface area contributed by atoms with Crippen LogP contribution in [-0.2, 0) is 5.41 Å². The zero-order valence-corrected chi connectivity index (χ0v) is 40.0. The fraction of sp³-hybridized carbons (Fsp3) is 0.156. The predicted octanol–water partition coefficient (Wildman–Crippen LogP) is 17.3. The van der Waals surface area contributed by atoms with E-state index in [4.69, 9.17) is 9.97 Å². The van der Waals surface area contributed by atoms with Gasteiger partial charge in [0.05, 0.1) is 28.0 Å². The number of fused-ring (bicyclic) bond motifs is 1. The largest absolute Gasteiger partial charge is 0.507 e. The number of rotatable bonds is 10. The Morgan fingerprint density at radius 2 is 1.00 bits per heavy atom. The van der Waals surface area contributed by atoms with Crippen LogP contribution in [0, 0.1) is 0 Å². The lowest BCUT2D eigenvalue weighted by Crippen LogP contribution is -2.16. The molecule has 0 aliphatic heterocycles. The van der Waals surface area contributed by atoms with Crippen LogP contribution in [0.5, 0.6) is 5.75 Å². The summed E-state index contributed by atoms with van der Waals surface area (Å²) in [7, 11) is 0. The van der Waals surface area contributed by atoms with Gasteiger partial charge in [0.15, 0.2) is 0 Å². The summed E-state index contributed by atoms with van der Waals surface area (Å²) in [5.74, 6) is 1.33. The van der Waals surface area contributed by atoms with Gasteiger partial charge in [0.1, 0.15) is 11.6 Å². The zero-order valence-electron chi connectivity index (χ0n) is 40.0. The Bertz CT molecular complexity index is 3410. The molecule has 0 atom stereocenters. The van der Waals surface area contributed by atoms with Gasteiger partial charge in [0.2, 0.25) is 0 Å². The molecule has 0 saturated heterocycles. The molecule has 10 rings (SSSR count). The molecule has 0 saturated carbocycles. The van der Waals surface area contributed by atoms with Crippen LogP contribution in [0.3, 0.4) is 0 Å². The third-order valence-electron chi connectivity index (χ3n) is 13.3. The Hall–Kier alpha value is -7.82. The minimum atomic E-state index is -0.235. The van der Waals surface area contributed by atoms with Gasteiger partial charge in [0, 0.05) is 17.3 Å². The average molecular weight is 884 g/mol. The molecule has 334 valence electrons. The lowest BCUT2D eigenvalue weighted by Gasteiger charge is -2.26. The Labute approximate surface area is 401 Å². The fourth-order valence-corrected chi connectivity index (χ4v) is 9.50. The van der Waals surface area contributed by atoms with E-state index in [2.05, 4.69) is 241 Å². The molecule has 0 spiro atoms. The van der Waals surface area contributed by atoms with E-state index < -0.39 is 0 Å². The monoisotopic (exact) mass is 883 g/mol. The summed E-state index contributed by atoms with van der Waals surface area (Å²) in [6.07, 6.45) is 1.92. The maximum absolute atomic E-state index is 12.4. The number of pyridine rings is 1. The second-order valence-corrected chi connectivity index (χ2v) is 19.6. The number of aromatic hydroxyl groups is 1. The van der Waals surface area contributed by atoms with Crippen LogP contribution in [-0.4, -0.2) is 19.6 Å². The SMILES string of the molecule is CC(C)c1cc(-c2nc3c(-c4cc(-c5ccccc5)cc(-c5cc(-c6ccc(-c7ccccc7)cc6)ccn5)c4)cccc3n2-c2ccc(-c3ccccc3)cc2C(C)(C)C)c(O)c(C(C)C)c1. The molecule has 0 bridgehead atoms. The highest BCUT2D eigenvalue weighted by atomic mass is 16.3. The first-order chi connectivity index (χ1) is 32.9. The summed E-state index contributed by atoms with van der Waals surface area (Å²) in [6, 6.07) is 69.1. The number of imidazole rings is 1. The van der Waals surface area contributed by atoms with Crippen molar-refractivity contribution in [2.24, 2.45) is 0 Å². The number of aromatic nitrogens is 3. The molecule has 2 aromatic heterocycles. The van der Waals surface area contributed by atoms with Gasteiger partial charge in [-0.25, -0.2) is 4.98 Å². The van der Waals surface area contributed by atoms with Crippen molar-refractivity contribution in [1.29, 1.82) is 0 Å². The van der Waals surface area contributed by atoms with Gasteiger partial charge in [-0.15, -0.1) is 0 Å². The van der Waals surface area contributed by atoms with Crippen molar-refractivity contribution >= 4 is 11.0 Å². The van der Waals surface area contributed by atoms with Gasteiger partial charge in [-0.2, -0.15) is 0 Å². The van der Waals surface area contributed by atoms with Crippen molar-refractivity contribution < 1.29 is 5.11 Å². The third-order valence-corrected chi connectivity index (χ3v) is 13.3. The Kier molecular flexibility index (Phi) is 11.7. The highest BCUT2D eigenvalue weighted by Crippen LogP contribution is 2.45. The highest BCUT2D eigenvalue weighted by molar-refractivity contribution is 5.98. The summed E-state index contributed by atoms with van der Waals surface area (Å²) in [5, 5.41) is 12.4. The third kappa shape index (κ3) is 8.55. The lowest BCUT2D eigenvalue weighted by molar-refractivity contribution is 0.466. The number of nitrogens with zero attached hydrogens (tertiary/aromatic N) is 3. The van der Waals surface area contributed by atoms with Crippen LogP contribution in [0.1, 0.15) is 77.0 Å². The maximum atomic E-state index is 12.4. The van der Waals surface area contributed by atoms with Gasteiger partial charge in [0.25, 0.3) is 0 Å². The molecule has 0 aliphatic carbocycles. The van der Waals surface area contributed by atoms with Gasteiger partial charge < -0.3 is 5.11 Å². The van der Waals surface area contributed by atoms with E-state index in [0.29, 0.717) is 5.82 Å². The molecule has 1 N–H and O–H groups in total. The lowest BCUT2D eigenvalue weighted by atomic mass is 9.83. The first kappa shape index (κ1) is 44.0. The fourth-order valence-electron chi connectivity index (χ4n) is 9.50. The van der Waals surface area contributed by atoms with Crippen LogP contribution in [0.4, 0.5) is 0 Å². The van der Waals surface area contributed by atoms with E-state index in [9.17, 15) is 5.11 Å². The summed E-state index contributed by atoms with van der Waals surface area (Å²) < 4.78 is 2.30. The summed E-state index contributed by atoms with van der Waals surface area (Å²) in [5.41, 5.74) is 19.7. The molecular weight excluding hydrogens is 827 g/mol. The number of phenolic OH excluding ortho intramolecular Hbond substituents is 1. The molecule has 4 heteroatoms. The molecule has 0 radical (unpaired) electrons. The Morgan fingerprint density at radius 1 is 0.456 bits per heavy atom. The van der Waals surface area contributed by atoms with Crippen LogP contribution < -0.4 is 0 Å². The number of para-hydroxylation sites is 1. The standard InChI is InChI=1S/C64H57N3O/c1-41(2)50-37-55(42(3)4)62(68)56(38-50)63-66-61-54(24-17-25-60(61)67(63)59-31-30-48(39-57(59)64(5,6)7)44-20-13-9-14-21-44)52-34-51(45-22-15-10-16-23-45)35-53(36-52)58-40-49(32-33-65-58)47-28-26-46(27-29-47)43-18-11-8-12-19-43/h8-42,68H,1-7H3. The van der Waals surface area contributed by atoms with Crippen molar-refractivity contribution in [3.8, 4) is 89.7 Å². The molecule has 8 aromatic carbocycles. The van der Waals surface area contributed by atoms with Crippen LogP contribution in [0.15, 0.2) is 200 Å². The van der Waals surface area contributed by atoms with Crippen molar-refractivity contribution in [3.63, 3.8) is 0 Å². The molecule has 0 amide bonds. The zero-order chi connectivity index (χ0) is 47.1. The van der Waals surface area contributed by atoms with Gasteiger partial charge >= 0.3 is 0 Å². The van der Waals surface area contributed by atoms with E-state index >= 15 is 0 Å². The normalized spacial score (nSPS) is 11.8. The van der Waals surface area contributed by atoms with Crippen molar-refractivity contribution in [2.75, 3.05) is 0 Å². The number of hydrogen-bond donors (Lipinski definition) is 1. The van der Waals surface area contributed by atoms with Gasteiger partial charge in [-0.05, 0) is 139 Å². The first-order valence-corrected chi connectivity index (χ1v) is 23.8. The number of benzene rings is 8. The summed E-state index contributed by atoms with van der Waals surface area (Å²) in [6.45, 7) is 15.5. The van der Waals surface area contributed by atoms with Gasteiger partial charge in [-0.1, -0.05) is 188 Å². The number of phenols is 1. The molecule has 0 aliphatic rings. The topological polar surface area (TPSA) is 50.9 Å². The molecule has 10 aromatic rings. The van der Waals surface area contributed by atoms with Crippen LogP contribution >= 0.6 is 0 Å². The van der Waals surface area contributed by atoms with E-state index in [1.807, 2.05) is 12.3 Å². The predicted molar refractivity (Wildman–Crippen MR) is 285 cm³/mol. The van der Waals surface area contributed by atoms with E-state index in [0.717, 1.165) is 83.6 Å². The molecule has 0 unspecified atom stereocenters.